The Hall–Kier alpha value is -5.36. The topological polar surface area (TPSA) is 214 Å². The van der Waals surface area contributed by atoms with E-state index in [1.807, 2.05) is 0 Å². The first-order valence-electron chi connectivity index (χ1n) is 18.4. The number of aromatic hydroxyl groups is 4. The van der Waals surface area contributed by atoms with Crippen LogP contribution in [-0.4, -0.2) is 112 Å². The fraction of sp³-hybridized carbons (Fsp3) is 0.429. The van der Waals surface area contributed by atoms with Crippen LogP contribution in [0.2, 0.25) is 0 Å². The Bertz CT molecular complexity index is 1830. The summed E-state index contributed by atoms with van der Waals surface area (Å²) in [4.78, 5) is 0. The summed E-state index contributed by atoms with van der Waals surface area (Å²) in [7, 11) is 8.46. The molecule has 0 spiro atoms. The van der Waals surface area contributed by atoms with Gasteiger partial charge in [-0.2, -0.15) is 0 Å². The van der Waals surface area contributed by atoms with E-state index in [0.29, 0.717) is 22.3 Å². The Balaban J connectivity index is 1.45. The maximum atomic E-state index is 11.6. The molecule has 6 rings (SSSR count). The van der Waals surface area contributed by atoms with Gasteiger partial charge in [0.05, 0.1) is 81.3 Å². The van der Waals surface area contributed by atoms with Crippen LogP contribution in [0.15, 0.2) is 60.7 Å². The minimum absolute atomic E-state index is 0.0320. The lowest BCUT2D eigenvalue weighted by molar-refractivity contribution is -0.0655. The third kappa shape index (κ3) is 8.57. The second-order valence-electron chi connectivity index (χ2n) is 13.9. The fourth-order valence-electron chi connectivity index (χ4n) is 7.47. The summed E-state index contributed by atoms with van der Waals surface area (Å²) in [6.45, 7) is -0.284. The van der Waals surface area contributed by atoms with Crippen molar-refractivity contribution in [3.8, 4) is 57.5 Å². The van der Waals surface area contributed by atoms with E-state index in [1.165, 1.54) is 66.9 Å². The largest absolute Gasteiger partial charge is 0.504 e. The van der Waals surface area contributed by atoms with E-state index in [0.717, 1.165) is 0 Å². The Morgan fingerprint density at radius 1 is 0.448 bits per heavy atom. The summed E-state index contributed by atoms with van der Waals surface area (Å²) in [6, 6.07) is 15.5. The number of benzene rings is 4. The zero-order chi connectivity index (χ0) is 41.7. The van der Waals surface area contributed by atoms with Crippen molar-refractivity contribution in [3.05, 3.63) is 82.9 Å². The third-order valence-corrected chi connectivity index (χ3v) is 10.7. The molecule has 58 heavy (non-hydrogen) atoms. The van der Waals surface area contributed by atoms with Crippen molar-refractivity contribution in [2.75, 3.05) is 69.1 Å². The molecule has 6 N–H and O–H groups in total. The molecule has 4 aromatic carbocycles. The van der Waals surface area contributed by atoms with Gasteiger partial charge in [0.1, 0.15) is 24.4 Å². The quantitative estimate of drug-likeness (QED) is 0.106. The number of ether oxygens (including phenoxy) is 10. The minimum atomic E-state index is -1.22. The summed E-state index contributed by atoms with van der Waals surface area (Å²) in [5, 5.41) is 65.4. The molecule has 2 aliphatic heterocycles. The van der Waals surface area contributed by atoms with Crippen LogP contribution in [0.4, 0.5) is 0 Å². The lowest BCUT2D eigenvalue weighted by Crippen LogP contribution is -2.34. The van der Waals surface area contributed by atoms with Crippen LogP contribution < -0.4 is 28.4 Å². The van der Waals surface area contributed by atoms with Crippen molar-refractivity contribution in [1.82, 2.24) is 0 Å². The molecule has 314 valence electrons. The van der Waals surface area contributed by atoms with Gasteiger partial charge in [0.2, 0.25) is 11.5 Å². The lowest BCUT2D eigenvalue weighted by atomic mass is 9.79. The summed E-state index contributed by atoms with van der Waals surface area (Å²) < 4.78 is 59.0. The van der Waals surface area contributed by atoms with Crippen LogP contribution in [-0.2, 0) is 18.9 Å². The molecule has 16 nitrogen and oxygen atoms in total. The van der Waals surface area contributed by atoms with E-state index in [1.54, 1.807) is 36.4 Å². The highest BCUT2D eigenvalue weighted by molar-refractivity contribution is 5.55. The highest BCUT2D eigenvalue weighted by Gasteiger charge is 2.45. The van der Waals surface area contributed by atoms with Gasteiger partial charge in [-0.25, -0.2) is 0 Å². The predicted molar refractivity (Wildman–Crippen MR) is 206 cm³/mol. The summed E-state index contributed by atoms with van der Waals surface area (Å²) in [5.41, 5.74) is 1.91. The molecule has 2 saturated heterocycles. The van der Waals surface area contributed by atoms with Crippen LogP contribution in [0.5, 0.6) is 57.5 Å². The van der Waals surface area contributed by atoms with Crippen LogP contribution >= 0.6 is 0 Å². The first-order chi connectivity index (χ1) is 28.0. The molecule has 0 aliphatic carbocycles. The van der Waals surface area contributed by atoms with Gasteiger partial charge < -0.3 is 78.0 Å². The molecule has 2 aliphatic rings. The number of aliphatic hydroxyl groups excluding tert-OH is 2. The fourth-order valence-corrected chi connectivity index (χ4v) is 7.47. The number of phenolic OH excluding ortho intramolecular Hbond substituents is 4. The van der Waals surface area contributed by atoms with E-state index in [4.69, 9.17) is 47.4 Å². The summed E-state index contributed by atoms with van der Waals surface area (Å²) >= 11 is 0. The predicted octanol–water partition coefficient (Wildman–Crippen LogP) is 4.87. The Kier molecular flexibility index (Phi) is 13.5. The highest BCUT2D eigenvalue weighted by Crippen LogP contribution is 2.49. The van der Waals surface area contributed by atoms with Crippen molar-refractivity contribution in [2.45, 2.75) is 36.6 Å². The van der Waals surface area contributed by atoms with Gasteiger partial charge in [0.25, 0.3) is 0 Å². The number of rotatable bonds is 13. The molecule has 0 aromatic heterocycles. The van der Waals surface area contributed by atoms with Gasteiger partial charge >= 0.3 is 0 Å². The van der Waals surface area contributed by atoms with Crippen LogP contribution in [0.1, 0.15) is 46.7 Å². The van der Waals surface area contributed by atoms with Crippen molar-refractivity contribution in [2.24, 2.45) is 11.8 Å². The molecule has 0 radical (unpaired) electrons. The molecule has 16 heteroatoms. The molecule has 8 atom stereocenters. The third-order valence-electron chi connectivity index (χ3n) is 10.7. The number of aliphatic hydroxyl groups is 2. The second kappa shape index (κ2) is 18.5. The molecule has 0 saturated carbocycles. The maximum absolute atomic E-state index is 11.6. The van der Waals surface area contributed by atoms with E-state index >= 15 is 0 Å². The Morgan fingerprint density at radius 2 is 0.776 bits per heavy atom. The van der Waals surface area contributed by atoms with Crippen molar-refractivity contribution in [1.29, 1.82) is 0 Å². The molecular formula is C42H50O16. The van der Waals surface area contributed by atoms with Gasteiger partial charge in [-0.1, -0.05) is 12.1 Å². The minimum Gasteiger partial charge on any atom is -0.504 e. The van der Waals surface area contributed by atoms with Crippen LogP contribution in [0, 0.1) is 11.8 Å². The van der Waals surface area contributed by atoms with Gasteiger partial charge in [-0.15, -0.1) is 0 Å². The Labute approximate surface area is 335 Å². The SMILES string of the molecule is COc1cc(C(O)[C@@H]2COC(c3cc(OC)c(O)c(OC)c3)[C@@H]([C@H]3CO[C@H](C(O)c4ccc(O)c(OC)c4)COC3c3cc(OC)c(O)c(OC)c3)CO2)ccc1O. The number of phenols is 4. The molecule has 4 aromatic rings. The number of methoxy groups -OCH3 is 6. The summed E-state index contributed by atoms with van der Waals surface area (Å²) in [5.74, 6) is -1.07. The molecule has 4 unspecified atom stereocenters. The first kappa shape index (κ1) is 42.3. The van der Waals surface area contributed by atoms with Gasteiger partial charge in [-0.3, -0.25) is 0 Å². The van der Waals surface area contributed by atoms with E-state index in [-0.39, 0.29) is 83.9 Å². The summed E-state index contributed by atoms with van der Waals surface area (Å²) in [6.07, 6.45) is -5.94. The Morgan fingerprint density at radius 3 is 1.09 bits per heavy atom. The molecule has 2 fully saturated rings. The van der Waals surface area contributed by atoms with E-state index < -0.39 is 48.5 Å². The molecule has 0 amide bonds. The lowest BCUT2D eigenvalue weighted by Gasteiger charge is -2.35. The van der Waals surface area contributed by atoms with Gasteiger partial charge in [0.15, 0.2) is 46.0 Å². The van der Waals surface area contributed by atoms with Gasteiger partial charge in [0, 0.05) is 11.8 Å². The molecule has 0 bridgehead atoms. The van der Waals surface area contributed by atoms with E-state index in [9.17, 15) is 30.6 Å². The number of hydrogen-bond donors (Lipinski definition) is 6. The van der Waals surface area contributed by atoms with Gasteiger partial charge in [-0.05, 0) is 70.8 Å². The number of hydrogen-bond acceptors (Lipinski definition) is 16. The highest BCUT2D eigenvalue weighted by atomic mass is 16.6. The van der Waals surface area contributed by atoms with Crippen molar-refractivity contribution < 1.29 is 78.0 Å². The standard InChI is InChI=1S/C42H50O16/c1-49-29-11-21(7-9-27(29)43)37(45)35-19-57-41(23-13-31(51-3)39(47)32(14-23)52-4)25(17-55-35)26-18-56-36(38(46)22-8-10-28(44)30(12-22)50-2)20-58-42(26)24-15-33(53-5)40(48)34(16-24)54-6/h7-16,25-26,35-38,41-48H,17-20H2,1-6H3/t25-,26-,35+,36+,37?,38?,41?,42?/m1/s1. The van der Waals surface area contributed by atoms with Crippen LogP contribution in [0.3, 0.4) is 0 Å². The van der Waals surface area contributed by atoms with Crippen LogP contribution in [0.25, 0.3) is 0 Å². The second-order valence-corrected chi connectivity index (χ2v) is 13.9. The first-order valence-corrected chi connectivity index (χ1v) is 18.4. The average Bonchev–Trinajstić information content (AvgIpc) is 3.61. The van der Waals surface area contributed by atoms with E-state index in [2.05, 4.69) is 0 Å². The normalized spacial score (nSPS) is 23.4. The smallest absolute Gasteiger partial charge is 0.200 e. The molecular weight excluding hydrogens is 760 g/mol. The molecule has 2 heterocycles. The zero-order valence-corrected chi connectivity index (χ0v) is 33.0. The van der Waals surface area contributed by atoms with Crippen molar-refractivity contribution in [3.63, 3.8) is 0 Å². The average molecular weight is 811 g/mol. The monoisotopic (exact) mass is 810 g/mol. The van der Waals surface area contributed by atoms with Crippen molar-refractivity contribution >= 4 is 0 Å². The maximum Gasteiger partial charge on any atom is 0.200 e. The zero-order valence-electron chi connectivity index (χ0n) is 33.0.